The van der Waals surface area contributed by atoms with Gasteiger partial charge in [-0.05, 0) is 36.4 Å². The fraction of sp³-hybridized carbons (Fsp3) is 0.125. The van der Waals surface area contributed by atoms with E-state index in [-0.39, 0.29) is 18.4 Å². The quantitative estimate of drug-likeness (QED) is 0.812. The molecule has 23 heavy (non-hydrogen) atoms. The zero-order valence-corrected chi connectivity index (χ0v) is 14.6. The molecule has 2 amide bonds. The first-order valence-electron chi connectivity index (χ1n) is 6.67. The van der Waals surface area contributed by atoms with E-state index < -0.39 is 0 Å². The summed E-state index contributed by atoms with van der Waals surface area (Å²) in [5.41, 5.74) is 0.911. The molecule has 0 radical (unpaired) electrons. The molecule has 0 unspecified atom stereocenters. The van der Waals surface area contributed by atoms with E-state index in [2.05, 4.69) is 26.6 Å². The number of ether oxygens (including phenoxy) is 1. The van der Waals surface area contributed by atoms with Gasteiger partial charge in [0.15, 0.2) is 0 Å². The number of carbonyl (C=O) groups excluding carboxylic acids is 2. The first-order valence-corrected chi connectivity index (χ1v) is 7.84. The molecule has 7 heteroatoms. The largest absolute Gasteiger partial charge is 0.495 e. The number of amides is 2. The number of benzene rings is 2. The van der Waals surface area contributed by atoms with Gasteiger partial charge in [-0.15, -0.1) is 0 Å². The molecule has 0 atom stereocenters. The third kappa shape index (κ3) is 4.97. The lowest BCUT2D eigenvalue weighted by atomic mass is 10.2. The Morgan fingerprint density at radius 3 is 2.70 bits per heavy atom. The standard InChI is InChI=1S/C16H14BrClN2O3/c1-23-14-6-5-12(18)8-13(14)20-15(21)9-19-16(22)10-3-2-4-11(17)7-10/h2-8H,9H2,1H3,(H,19,22)(H,20,21). The molecule has 120 valence electrons. The van der Waals surface area contributed by atoms with Gasteiger partial charge in [0.05, 0.1) is 19.3 Å². The number of carbonyl (C=O) groups is 2. The molecular formula is C16H14BrClN2O3. The molecule has 0 bridgehead atoms. The molecular weight excluding hydrogens is 384 g/mol. The second-order valence-electron chi connectivity index (χ2n) is 4.59. The summed E-state index contributed by atoms with van der Waals surface area (Å²) < 4.78 is 5.93. The number of hydrogen-bond donors (Lipinski definition) is 2. The normalized spacial score (nSPS) is 10.0. The molecule has 0 spiro atoms. The van der Waals surface area contributed by atoms with Gasteiger partial charge in [-0.2, -0.15) is 0 Å². The molecule has 0 heterocycles. The minimum absolute atomic E-state index is 0.166. The maximum Gasteiger partial charge on any atom is 0.251 e. The van der Waals surface area contributed by atoms with E-state index in [1.54, 1.807) is 36.4 Å². The van der Waals surface area contributed by atoms with Gasteiger partial charge in [-0.3, -0.25) is 9.59 Å². The van der Waals surface area contributed by atoms with Crippen molar-refractivity contribution in [3.05, 3.63) is 57.5 Å². The van der Waals surface area contributed by atoms with Gasteiger partial charge in [0, 0.05) is 15.1 Å². The van der Waals surface area contributed by atoms with Crippen LogP contribution < -0.4 is 15.4 Å². The molecule has 0 fully saturated rings. The number of methoxy groups -OCH3 is 1. The first kappa shape index (κ1) is 17.3. The van der Waals surface area contributed by atoms with Crippen LogP contribution in [0.15, 0.2) is 46.9 Å². The number of anilines is 1. The topological polar surface area (TPSA) is 67.4 Å². The van der Waals surface area contributed by atoms with Crippen LogP contribution in [-0.4, -0.2) is 25.5 Å². The minimum atomic E-state index is -0.381. The second-order valence-corrected chi connectivity index (χ2v) is 5.94. The highest BCUT2D eigenvalue weighted by Crippen LogP contribution is 2.27. The summed E-state index contributed by atoms with van der Waals surface area (Å²) in [5, 5.41) is 5.67. The van der Waals surface area contributed by atoms with E-state index in [0.717, 1.165) is 4.47 Å². The number of hydrogen-bond acceptors (Lipinski definition) is 3. The van der Waals surface area contributed by atoms with E-state index in [4.69, 9.17) is 16.3 Å². The summed E-state index contributed by atoms with van der Waals surface area (Å²) in [6, 6.07) is 11.8. The maximum absolute atomic E-state index is 12.0. The Kier molecular flexibility index (Phi) is 6.01. The van der Waals surface area contributed by atoms with Crippen molar-refractivity contribution in [2.45, 2.75) is 0 Å². The van der Waals surface area contributed by atoms with E-state index in [9.17, 15) is 9.59 Å². The predicted molar refractivity (Wildman–Crippen MR) is 93.1 cm³/mol. The van der Waals surface area contributed by atoms with Crippen molar-refractivity contribution >= 4 is 45.0 Å². The Hall–Kier alpha value is -2.05. The Morgan fingerprint density at radius 1 is 1.22 bits per heavy atom. The van der Waals surface area contributed by atoms with Crippen LogP contribution in [0.3, 0.4) is 0 Å². The molecule has 0 saturated carbocycles. The summed E-state index contributed by atoms with van der Waals surface area (Å²) in [4.78, 5) is 23.9. The van der Waals surface area contributed by atoms with Crippen LogP contribution in [0.5, 0.6) is 5.75 Å². The number of halogens is 2. The highest BCUT2D eigenvalue weighted by molar-refractivity contribution is 9.10. The van der Waals surface area contributed by atoms with Crippen molar-refractivity contribution in [3.63, 3.8) is 0 Å². The maximum atomic E-state index is 12.0. The van der Waals surface area contributed by atoms with Gasteiger partial charge < -0.3 is 15.4 Å². The summed E-state index contributed by atoms with van der Waals surface area (Å²) >= 11 is 9.19. The first-order chi connectivity index (χ1) is 11.0. The summed E-state index contributed by atoms with van der Waals surface area (Å²) in [5.74, 6) is -0.227. The Bertz CT molecular complexity index is 737. The van der Waals surface area contributed by atoms with Gasteiger partial charge in [-0.1, -0.05) is 33.6 Å². The molecule has 2 rings (SSSR count). The molecule has 0 aliphatic carbocycles. The molecule has 2 N–H and O–H groups in total. The van der Waals surface area contributed by atoms with Crippen LogP contribution in [0, 0.1) is 0 Å². The molecule has 0 aromatic heterocycles. The van der Waals surface area contributed by atoms with E-state index in [1.807, 2.05) is 6.07 Å². The average molecular weight is 398 g/mol. The number of nitrogens with one attached hydrogen (secondary N) is 2. The smallest absolute Gasteiger partial charge is 0.251 e. The average Bonchev–Trinajstić information content (AvgIpc) is 2.53. The van der Waals surface area contributed by atoms with Crippen LogP contribution in [0.25, 0.3) is 0 Å². The highest BCUT2D eigenvalue weighted by atomic mass is 79.9. The van der Waals surface area contributed by atoms with Crippen molar-refractivity contribution in [3.8, 4) is 5.75 Å². The Morgan fingerprint density at radius 2 is 2.00 bits per heavy atom. The zero-order chi connectivity index (χ0) is 16.8. The van der Waals surface area contributed by atoms with E-state index in [0.29, 0.717) is 22.0 Å². The molecule has 2 aromatic carbocycles. The fourth-order valence-corrected chi connectivity index (χ4v) is 2.44. The van der Waals surface area contributed by atoms with Crippen molar-refractivity contribution in [1.82, 2.24) is 5.32 Å². The SMILES string of the molecule is COc1ccc(Cl)cc1NC(=O)CNC(=O)c1cccc(Br)c1. The van der Waals surface area contributed by atoms with Crippen LogP contribution in [0.2, 0.25) is 5.02 Å². The van der Waals surface area contributed by atoms with Gasteiger partial charge in [0.25, 0.3) is 5.91 Å². The Balaban J connectivity index is 1.95. The van der Waals surface area contributed by atoms with E-state index >= 15 is 0 Å². The fourth-order valence-electron chi connectivity index (χ4n) is 1.86. The van der Waals surface area contributed by atoms with Crippen molar-refractivity contribution in [2.24, 2.45) is 0 Å². The lowest BCUT2D eigenvalue weighted by Gasteiger charge is -2.11. The molecule has 5 nitrogen and oxygen atoms in total. The molecule has 0 aliphatic rings. The van der Waals surface area contributed by atoms with Crippen LogP contribution in [0.4, 0.5) is 5.69 Å². The monoisotopic (exact) mass is 396 g/mol. The van der Waals surface area contributed by atoms with Gasteiger partial charge >= 0.3 is 0 Å². The van der Waals surface area contributed by atoms with Crippen molar-refractivity contribution in [1.29, 1.82) is 0 Å². The number of rotatable bonds is 5. The summed E-state index contributed by atoms with van der Waals surface area (Å²) in [7, 11) is 1.49. The third-order valence-electron chi connectivity index (χ3n) is 2.93. The van der Waals surface area contributed by atoms with Crippen LogP contribution in [0.1, 0.15) is 10.4 Å². The molecule has 0 saturated heterocycles. The summed E-state index contributed by atoms with van der Waals surface area (Å²) in [6.07, 6.45) is 0. The lowest BCUT2D eigenvalue weighted by molar-refractivity contribution is -0.115. The lowest BCUT2D eigenvalue weighted by Crippen LogP contribution is -2.32. The summed E-state index contributed by atoms with van der Waals surface area (Å²) in [6.45, 7) is -0.166. The van der Waals surface area contributed by atoms with E-state index in [1.165, 1.54) is 7.11 Å². The van der Waals surface area contributed by atoms with Gasteiger partial charge in [0.2, 0.25) is 5.91 Å². The zero-order valence-electron chi connectivity index (χ0n) is 12.2. The Labute approximate surface area is 147 Å². The van der Waals surface area contributed by atoms with Gasteiger partial charge in [0.1, 0.15) is 5.75 Å². The van der Waals surface area contributed by atoms with Crippen molar-refractivity contribution in [2.75, 3.05) is 19.0 Å². The molecule has 0 aliphatic heterocycles. The van der Waals surface area contributed by atoms with Crippen LogP contribution in [-0.2, 0) is 4.79 Å². The molecule has 2 aromatic rings. The third-order valence-corrected chi connectivity index (χ3v) is 3.66. The van der Waals surface area contributed by atoms with Gasteiger partial charge in [-0.25, -0.2) is 0 Å². The van der Waals surface area contributed by atoms with Crippen LogP contribution >= 0.6 is 27.5 Å². The minimum Gasteiger partial charge on any atom is -0.495 e. The van der Waals surface area contributed by atoms with Crippen molar-refractivity contribution < 1.29 is 14.3 Å². The predicted octanol–water partition coefficient (Wildman–Crippen LogP) is 3.48. The highest BCUT2D eigenvalue weighted by Gasteiger charge is 2.11. The second kappa shape index (κ2) is 7.99.